The van der Waals surface area contributed by atoms with Crippen LogP contribution in [0.5, 0.6) is 0 Å². The zero-order valence-corrected chi connectivity index (χ0v) is 78.5. The molecule has 0 radical (unpaired) electrons. The average molecular weight is 1830 g/mol. The Morgan fingerprint density at radius 3 is 0.542 bits per heavy atom. The Hall–Kier alpha value is -19.2. The van der Waals surface area contributed by atoms with Gasteiger partial charge in [-0.1, -0.05) is 461 Å². The van der Waals surface area contributed by atoms with E-state index in [1.165, 1.54) is 136 Å². The van der Waals surface area contributed by atoms with Crippen molar-refractivity contribution in [3.8, 4) is 168 Å². The van der Waals surface area contributed by atoms with Crippen LogP contribution in [0.15, 0.2) is 540 Å². The lowest BCUT2D eigenvalue weighted by molar-refractivity contribution is 1.07. The summed E-state index contributed by atoms with van der Waals surface area (Å²) >= 11 is 0. The van der Waals surface area contributed by atoms with Crippen LogP contribution >= 0.6 is 0 Å². The summed E-state index contributed by atoms with van der Waals surface area (Å²) < 4.78 is 0. The number of fused-ring (bicyclic) bond motifs is 18. The van der Waals surface area contributed by atoms with Crippen LogP contribution in [-0.4, -0.2) is 34.9 Å². The van der Waals surface area contributed by atoms with Crippen LogP contribution in [0.1, 0.15) is 0 Å². The molecule has 0 aliphatic rings. The molecule has 3 aromatic heterocycles. The molecule has 0 amide bonds. The van der Waals surface area contributed by atoms with Crippen LogP contribution in [0.25, 0.3) is 265 Å². The molecule has 0 N–H and O–H groups in total. The summed E-state index contributed by atoms with van der Waals surface area (Å²) in [5, 5.41) is 23.1. The maximum absolute atomic E-state index is 5.06. The molecule has 144 heavy (non-hydrogen) atoms. The van der Waals surface area contributed by atoms with Gasteiger partial charge in [0.15, 0.2) is 23.3 Å². The Morgan fingerprint density at radius 2 is 0.264 bits per heavy atom. The molecule has 0 unspecified atom stereocenters. The Bertz CT molecular complexity index is 9000. The van der Waals surface area contributed by atoms with Crippen LogP contribution in [0.3, 0.4) is 0 Å². The van der Waals surface area contributed by atoms with E-state index in [1.807, 2.05) is 84.9 Å². The summed E-state index contributed by atoms with van der Waals surface area (Å²) in [5.74, 6) is 2.73. The molecule has 0 fully saturated rings. The predicted octanol–water partition coefficient (Wildman–Crippen LogP) is 36.2. The quantitative estimate of drug-likeness (QED) is 0.0945. The fourth-order valence-corrected chi connectivity index (χ4v) is 20.6. The van der Waals surface area contributed by atoms with Gasteiger partial charge in [0.1, 0.15) is 6.33 Å². The minimum Gasteiger partial charge on any atom is -0.228 e. The van der Waals surface area contributed by atoms with Gasteiger partial charge < -0.3 is 0 Å². The summed E-state index contributed by atoms with van der Waals surface area (Å²) in [7, 11) is 0. The Labute approximate surface area is 834 Å². The number of hydrogen-bond acceptors (Lipinski definition) is 7. The highest BCUT2D eigenvalue weighted by molar-refractivity contribution is 6.28. The third-order valence-corrected chi connectivity index (χ3v) is 27.7. The highest BCUT2D eigenvalue weighted by atomic mass is 15.0. The smallest absolute Gasteiger partial charge is 0.163 e. The van der Waals surface area contributed by atoms with E-state index in [2.05, 4.69) is 459 Å². The first-order chi connectivity index (χ1) is 71.3. The van der Waals surface area contributed by atoms with Crippen LogP contribution < -0.4 is 0 Å². The standard InChI is InChI=1S/2C46H30N2.C45H29N3/c1-3-13-31(14-4-1)44-30-45(48-46(47-44)32-15-5-2-6-16-32)37-20-12-19-35(28-37)33-17-11-18-34(27-33)36-25-26-42-40-23-8-7-21-38(40)39-22-9-10-24-41(39)43(42)29-36;1-3-13-31(14-4-1)44-30-45(32-15-5-2-6-16-32)48-46(47-44)37-20-12-19-35(28-37)33-17-11-18-34(27-33)36-25-26-42-40-23-8-7-21-38(40)39-22-9-10-24-41(39)43(42)29-36;1-2-11-30(12-3-1)31-13-9-17-36(26-31)44-46-29-47-45(48-44)37-18-10-16-34(27-37)32-14-8-15-33(25-32)35-23-24-42-40-21-5-4-19-38(40)39-20-6-7-22-41(39)43(42)28-35/h2*1-30H;1-29H. The average Bonchev–Trinajstić information content (AvgIpc) is 0.746. The minimum atomic E-state index is 0.650. The lowest BCUT2D eigenvalue weighted by Gasteiger charge is -2.13. The van der Waals surface area contributed by atoms with E-state index in [0.717, 1.165) is 112 Å². The Morgan fingerprint density at radius 1 is 0.0903 bits per heavy atom. The second-order valence-electron chi connectivity index (χ2n) is 36.5. The van der Waals surface area contributed by atoms with E-state index in [1.54, 1.807) is 6.33 Å². The van der Waals surface area contributed by atoms with Crippen molar-refractivity contribution in [2.24, 2.45) is 0 Å². The van der Waals surface area contributed by atoms with Crippen molar-refractivity contribution in [1.29, 1.82) is 0 Å². The molecule has 0 saturated heterocycles. The fraction of sp³-hybridized carbons (Fsp3) is 0. The molecule has 7 heteroatoms. The first-order valence-electron chi connectivity index (χ1n) is 48.8. The van der Waals surface area contributed by atoms with Gasteiger partial charge in [0, 0.05) is 44.5 Å². The molecule has 0 bridgehead atoms. The van der Waals surface area contributed by atoms with Gasteiger partial charge in [-0.15, -0.1) is 0 Å². The number of benzene rings is 24. The lowest BCUT2D eigenvalue weighted by Crippen LogP contribution is -1.96. The van der Waals surface area contributed by atoms with Gasteiger partial charge in [-0.2, -0.15) is 0 Å². The molecule has 0 aliphatic heterocycles. The second kappa shape index (κ2) is 38.3. The SMILES string of the molecule is c1ccc(-c2cc(-c3cccc(-c4cccc(-c5ccc6c7ccccc7c7ccccc7c6c5)c4)c3)nc(-c3ccccc3)n2)cc1.c1ccc(-c2cc(-c3ccccc3)nc(-c3cccc(-c4cccc(-c5ccc6c7ccccc7c7ccccc7c6c5)c4)c3)n2)cc1.c1ccc(-c2cccc(-c3ncnc(-c4cccc(-c5cccc(-c6ccc7c8ccccc8c8ccccc8c7c6)c5)c4)n3)c2)cc1. The van der Waals surface area contributed by atoms with Crippen molar-refractivity contribution in [2.45, 2.75) is 0 Å². The van der Waals surface area contributed by atoms with Crippen LogP contribution in [0, 0.1) is 0 Å². The lowest BCUT2D eigenvalue weighted by atomic mass is 9.91. The predicted molar refractivity (Wildman–Crippen MR) is 603 cm³/mol. The number of rotatable bonds is 15. The van der Waals surface area contributed by atoms with Gasteiger partial charge in [-0.05, 0) is 248 Å². The third kappa shape index (κ3) is 17.2. The van der Waals surface area contributed by atoms with Gasteiger partial charge in [-0.3, -0.25) is 0 Å². The van der Waals surface area contributed by atoms with Crippen LogP contribution in [-0.2, 0) is 0 Å². The molecule has 27 rings (SSSR count). The molecule has 7 nitrogen and oxygen atoms in total. The molecule has 24 aromatic carbocycles. The van der Waals surface area contributed by atoms with Gasteiger partial charge in [0.25, 0.3) is 0 Å². The molecule has 27 aromatic rings. The molecule has 3 heterocycles. The topological polar surface area (TPSA) is 90.2 Å². The monoisotopic (exact) mass is 1830 g/mol. The molecule has 672 valence electrons. The second-order valence-corrected chi connectivity index (χ2v) is 36.5. The maximum atomic E-state index is 5.06. The van der Waals surface area contributed by atoms with E-state index < -0.39 is 0 Å². The molecular weight excluding hydrogens is 1740 g/mol. The summed E-state index contributed by atoms with van der Waals surface area (Å²) in [6.07, 6.45) is 1.60. The largest absolute Gasteiger partial charge is 0.228 e. The first-order valence-corrected chi connectivity index (χ1v) is 48.8. The maximum Gasteiger partial charge on any atom is 0.163 e. The van der Waals surface area contributed by atoms with Crippen molar-refractivity contribution in [3.63, 3.8) is 0 Å². The van der Waals surface area contributed by atoms with Gasteiger partial charge in [-0.25, -0.2) is 34.9 Å². The van der Waals surface area contributed by atoms with Gasteiger partial charge >= 0.3 is 0 Å². The normalized spacial score (nSPS) is 11.3. The van der Waals surface area contributed by atoms with Crippen LogP contribution in [0.2, 0.25) is 0 Å². The third-order valence-electron chi connectivity index (χ3n) is 27.7. The van der Waals surface area contributed by atoms with E-state index in [0.29, 0.717) is 17.5 Å². The van der Waals surface area contributed by atoms with E-state index in [9.17, 15) is 0 Å². The minimum absolute atomic E-state index is 0.650. The molecule has 0 spiro atoms. The van der Waals surface area contributed by atoms with Crippen molar-refractivity contribution >= 4 is 97.0 Å². The molecule has 0 atom stereocenters. The van der Waals surface area contributed by atoms with Gasteiger partial charge in [0.2, 0.25) is 0 Å². The van der Waals surface area contributed by atoms with E-state index in [4.69, 9.17) is 24.9 Å². The zero-order chi connectivity index (χ0) is 95.6. The van der Waals surface area contributed by atoms with Crippen molar-refractivity contribution in [1.82, 2.24) is 34.9 Å². The fourth-order valence-electron chi connectivity index (χ4n) is 20.6. The summed E-state index contributed by atoms with van der Waals surface area (Å²) in [4.78, 5) is 34.2. The van der Waals surface area contributed by atoms with Crippen LogP contribution in [0.4, 0.5) is 0 Å². The first kappa shape index (κ1) is 86.4. The Kier molecular flexibility index (Phi) is 23.0. The Balaban J connectivity index is 0.000000113. The summed E-state index contributed by atoms with van der Waals surface area (Å²) in [6.45, 7) is 0. The van der Waals surface area contributed by atoms with Crippen molar-refractivity contribution < 1.29 is 0 Å². The number of aromatic nitrogens is 7. The molecule has 0 aliphatic carbocycles. The summed E-state index contributed by atoms with van der Waals surface area (Å²) in [5.41, 5.74) is 28.1. The highest BCUT2D eigenvalue weighted by Crippen LogP contribution is 2.45. The van der Waals surface area contributed by atoms with Crippen molar-refractivity contribution in [3.05, 3.63) is 540 Å². The number of nitrogens with zero attached hydrogens (tertiary/aromatic N) is 7. The van der Waals surface area contributed by atoms with Gasteiger partial charge in [0.05, 0.1) is 22.8 Å². The van der Waals surface area contributed by atoms with E-state index in [-0.39, 0.29) is 0 Å². The summed E-state index contributed by atoms with van der Waals surface area (Å²) in [6, 6.07) is 189. The highest BCUT2D eigenvalue weighted by Gasteiger charge is 2.21. The van der Waals surface area contributed by atoms with Crippen molar-refractivity contribution in [2.75, 3.05) is 0 Å². The number of hydrogen-bond donors (Lipinski definition) is 0. The molecule has 0 saturated carbocycles. The molecular formula is C137H89N7. The van der Waals surface area contributed by atoms with E-state index >= 15 is 0 Å². The zero-order valence-electron chi connectivity index (χ0n) is 78.5.